The number of carbonyl (C=O) groups is 1. The van der Waals surface area contributed by atoms with Crippen molar-refractivity contribution in [2.45, 2.75) is 0 Å². The molecule has 0 amide bonds. The van der Waals surface area contributed by atoms with Crippen molar-refractivity contribution in [3.8, 4) is 11.3 Å². The topological polar surface area (TPSA) is 80.6 Å². The number of nitrogens with zero attached hydrogens (tertiary/aromatic N) is 3. The van der Waals surface area contributed by atoms with Crippen molar-refractivity contribution in [2.24, 2.45) is 0 Å². The molecule has 0 aliphatic rings. The Labute approximate surface area is 95.2 Å². The Morgan fingerprint density at radius 2 is 2.24 bits per heavy atom. The van der Waals surface area contributed by atoms with Gasteiger partial charge in [0.1, 0.15) is 6.33 Å². The van der Waals surface area contributed by atoms with Crippen molar-refractivity contribution in [1.29, 1.82) is 0 Å². The number of carboxylic acid groups (broad SMARTS) is 1. The molecule has 0 aromatic carbocycles. The molecule has 3 rings (SSSR count). The second-order valence-corrected chi connectivity index (χ2v) is 3.43. The van der Waals surface area contributed by atoms with Crippen molar-refractivity contribution < 1.29 is 14.3 Å². The van der Waals surface area contributed by atoms with Gasteiger partial charge in [-0.1, -0.05) is 0 Å². The Morgan fingerprint density at radius 1 is 1.35 bits per heavy atom. The van der Waals surface area contributed by atoms with E-state index < -0.39 is 5.97 Å². The zero-order chi connectivity index (χ0) is 11.8. The summed E-state index contributed by atoms with van der Waals surface area (Å²) in [5.74, 6) is -1.09. The average Bonchev–Trinajstić information content (AvgIpc) is 2.97. The van der Waals surface area contributed by atoms with Gasteiger partial charge in [-0.3, -0.25) is 4.40 Å². The van der Waals surface area contributed by atoms with Gasteiger partial charge < -0.3 is 9.52 Å². The first kappa shape index (κ1) is 9.59. The molecule has 0 saturated carbocycles. The third kappa shape index (κ3) is 1.38. The summed E-state index contributed by atoms with van der Waals surface area (Å²) in [7, 11) is 0. The molecule has 6 nitrogen and oxygen atoms in total. The second kappa shape index (κ2) is 3.44. The van der Waals surface area contributed by atoms with E-state index in [1.165, 1.54) is 6.33 Å². The van der Waals surface area contributed by atoms with E-state index in [2.05, 4.69) is 9.97 Å². The van der Waals surface area contributed by atoms with Gasteiger partial charge in [0.2, 0.25) is 0 Å². The highest BCUT2D eigenvalue weighted by atomic mass is 16.4. The van der Waals surface area contributed by atoms with E-state index in [1.54, 1.807) is 35.3 Å². The zero-order valence-corrected chi connectivity index (χ0v) is 8.57. The van der Waals surface area contributed by atoms with Crippen LogP contribution in [0.1, 0.15) is 10.5 Å². The van der Waals surface area contributed by atoms with Crippen LogP contribution < -0.4 is 0 Å². The Balaban J connectivity index is 2.32. The molecule has 0 saturated heterocycles. The minimum absolute atomic E-state index is 0.0599. The third-order valence-electron chi connectivity index (χ3n) is 2.45. The molecule has 0 radical (unpaired) electrons. The highest BCUT2D eigenvalue weighted by Crippen LogP contribution is 2.21. The van der Waals surface area contributed by atoms with Crippen molar-refractivity contribution in [1.82, 2.24) is 14.4 Å². The van der Waals surface area contributed by atoms with E-state index in [1.807, 2.05) is 0 Å². The quantitative estimate of drug-likeness (QED) is 0.723. The summed E-state index contributed by atoms with van der Waals surface area (Å²) in [6.07, 6.45) is 6.12. The fourth-order valence-electron chi connectivity index (χ4n) is 1.70. The van der Waals surface area contributed by atoms with Crippen LogP contribution in [0.3, 0.4) is 0 Å². The first-order valence-corrected chi connectivity index (χ1v) is 4.85. The standard InChI is InChI=1S/C11H7N3O3/c15-11(16)9-10-12-3-1-8(14(10)6-13-9)7-2-4-17-5-7/h1-6H,(H,15,16). The van der Waals surface area contributed by atoms with Gasteiger partial charge in [-0.15, -0.1) is 0 Å². The van der Waals surface area contributed by atoms with Gasteiger partial charge in [0.05, 0.1) is 18.2 Å². The molecule has 3 heterocycles. The molecule has 0 bridgehead atoms. The molecule has 0 fully saturated rings. The maximum absolute atomic E-state index is 10.9. The molecule has 1 N–H and O–H groups in total. The smallest absolute Gasteiger partial charge is 0.358 e. The molecule has 0 spiro atoms. The summed E-state index contributed by atoms with van der Waals surface area (Å²) < 4.78 is 6.62. The van der Waals surface area contributed by atoms with Crippen LogP contribution in [0.5, 0.6) is 0 Å². The molecule has 0 unspecified atom stereocenters. The molecule has 0 atom stereocenters. The van der Waals surface area contributed by atoms with Gasteiger partial charge in [0, 0.05) is 11.8 Å². The minimum Gasteiger partial charge on any atom is -0.476 e. The third-order valence-corrected chi connectivity index (χ3v) is 2.45. The van der Waals surface area contributed by atoms with Crippen LogP contribution in [0.4, 0.5) is 0 Å². The lowest BCUT2D eigenvalue weighted by molar-refractivity contribution is 0.0693. The van der Waals surface area contributed by atoms with Crippen LogP contribution in [-0.4, -0.2) is 25.4 Å². The second-order valence-electron chi connectivity index (χ2n) is 3.43. The predicted octanol–water partition coefficient (Wildman–Crippen LogP) is 1.69. The summed E-state index contributed by atoms with van der Waals surface area (Å²) >= 11 is 0. The van der Waals surface area contributed by atoms with E-state index in [9.17, 15) is 4.79 Å². The Bertz CT molecular complexity index is 685. The zero-order valence-electron chi connectivity index (χ0n) is 8.57. The Hall–Kier alpha value is -2.63. The van der Waals surface area contributed by atoms with Gasteiger partial charge in [-0.25, -0.2) is 14.8 Å². The summed E-state index contributed by atoms with van der Waals surface area (Å²) in [6.45, 7) is 0. The van der Waals surface area contributed by atoms with Crippen molar-refractivity contribution in [3.63, 3.8) is 0 Å². The van der Waals surface area contributed by atoms with E-state index in [0.717, 1.165) is 11.3 Å². The number of fused-ring (bicyclic) bond motifs is 1. The van der Waals surface area contributed by atoms with Crippen LogP contribution in [0.25, 0.3) is 16.9 Å². The number of aromatic nitrogens is 3. The number of furan rings is 1. The van der Waals surface area contributed by atoms with Crippen LogP contribution in [-0.2, 0) is 0 Å². The van der Waals surface area contributed by atoms with Crippen LogP contribution in [0.2, 0.25) is 0 Å². The van der Waals surface area contributed by atoms with Gasteiger partial charge in [-0.05, 0) is 12.1 Å². The normalized spacial score (nSPS) is 10.8. The largest absolute Gasteiger partial charge is 0.476 e. The molecule has 0 aliphatic carbocycles. The molecule has 3 aromatic rings. The summed E-state index contributed by atoms with van der Waals surface area (Å²) in [5.41, 5.74) is 1.88. The lowest BCUT2D eigenvalue weighted by Crippen LogP contribution is -1.99. The van der Waals surface area contributed by atoms with Gasteiger partial charge in [-0.2, -0.15) is 0 Å². The Kier molecular flexibility index (Phi) is 1.94. The summed E-state index contributed by atoms with van der Waals surface area (Å²) in [5, 5.41) is 8.96. The molecule has 84 valence electrons. The van der Waals surface area contributed by atoms with E-state index in [0.29, 0.717) is 5.65 Å². The van der Waals surface area contributed by atoms with Gasteiger partial charge >= 0.3 is 5.97 Å². The van der Waals surface area contributed by atoms with Crippen LogP contribution >= 0.6 is 0 Å². The fraction of sp³-hybridized carbons (Fsp3) is 0. The first-order chi connectivity index (χ1) is 8.27. The molecular weight excluding hydrogens is 222 g/mol. The first-order valence-electron chi connectivity index (χ1n) is 4.85. The highest BCUT2D eigenvalue weighted by molar-refractivity contribution is 5.92. The number of imidazole rings is 1. The van der Waals surface area contributed by atoms with Crippen molar-refractivity contribution >= 4 is 11.6 Å². The Morgan fingerprint density at radius 3 is 2.94 bits per heavy atom. The number of carboxylic acids is 1. The maximum atomic E-state index is 10.9. The molecule has 6 heteroatoms. The SMILES string of the molecule is O=C(O)c1ncn2c(-c3ccoc3)ccnc12. The number of rotatable bonds is 2. The number of hydrogen-bond acceptors (Lipinski definition) is 4. The molecule has 17 heavy (non-hydrogen) atoms. The van der Waals surface area contributed by atoms with Crippen molar-refractivity contribution in [3.05, 3.63) is 42.9 Å². The molecule has 3 aromatic heterocycles. The highest BCUT2D eigenvalue weighted by Gasteiger charge is 2.15. The average molecular weight is 229 g/mol. The minimum atomic E-state index is -1.09. The predicted molar refractivity (Wildman–Crippen MR) is 57.6 cm³/mol. The lowest BCUT2D eigenvalue weighted by atomic mass is 10.2. The van der Waals surface area contributed by atoms with Gasteiger partial charge in [0.25, 0.3) is 0 Å². The van der Waals surface area contributed by atoms with Gasteiger partial charge in [0.15, 0.2) is 11.3 Å². The van der Waals surface area contributed by atoms with Crippen LogP contribution in [0, 0.1) is 0 Å². The van der Waals surface area contributed by atoms with Crippen molar-refractivity contribution in [2.75, 3.05) is 0 Å². The van der Waals surface area contributed by atoms with E-state index in [-0.39, 0.29) is 5.69 Å². The maximum Gasteiger partial charge on any atom is 0.358 e. The van der Waals surface area contributed by atoms with E-state index in [4.69, 9.17) is 9.52 Å². The number of hydrogen-bond donors (Lipinski definition) is 1. The lowest BCUT2D eigenvalue weighted by Gasteiger charge is -2.01. The van der Waals surface area contributed by atoms with E-state index >= 15 is 0 Å². The molecule has 0 aliphatic heterocycles. The summed E-state index contributed by atoms with van der Waals surface area (Å²) in [4.78, 5) is 18.8. The summed E-state index contributed by atoms with van der Waals surface area (Å²) in [6, 6.07) is 3.56. The monoisotopic (exact) mass is 229 g/mol. The van der Waals surface area contributed by atoms with Crippen LogP contribution in [0.15, 0.2) is 41.6 Å². The number of aromatic carboxylic acids is 1. The molecular formula is C11H7N3O3. The fourth-order valence-corrected chi connectivity index (χ4v) is 1.70.